The van der Waals surface area contributed by atoms with Gasteiger partial charge in [-0.15, -0.1) is 0 Å². The smallest absolute Gasteiger partial charge is 0.238 e. The molecule has 0 saturated carbocycles. The first-order valence-electron chi connectivity index (χ1n) is 16.6. The highest BCUT2D eigenvalue weighted by Gasteiger charge is 2.42. The van der Waals surface area contributed by atoms with E-state index in [-0.39, 0.29) is 5.41 Å². The summed E-state index contributed by atoms with van der Waals surface area (Å²) in [4.78, 5) is 20.3. The Labute approximate surface area is 283 Å². The fourth-order valence-corrected chi connectivity index (χ4v) is 7.80. The molecule has 0 spiro atoms. The Balaban J connectivity index is 1.19. The van der Waals surface area contributed by atoms with Gasteiger partial charge < -0.3 is 4.57 Å². The quantitative estimate of drug-likeness (QED) is 0.194. The van der Waals surface area contributed by atoms with E-state index < -0.39 is 0 Å². The van der Waals surface area contributed by atoms with Gasteiger partial charge in [0.2, 0.25) is 5.95 Å². The first-order valence-corrected chi connectivity index (χ1v) is 16.6. The number of benzene rings is 5. The van der Waals surface area contributed by atoms with Crippen LogP contribution in [0.5, 0.6) is 0 Å². The SMILES string of the molecule is CC1(C)c2ncccc2-c2c1n(-c1nc(-c3ccccc3)nc(-c3ccc(-n4c5ccccc5c5ccccc54)cc3)n1)c1ccccc21. The summed E-state index contributed by atoms with van der Waals surface area (Å²) in [5.41, 5.74) is 10.6. The third kappa shape index (κ3) is 4.01. The molecule has 6 heteroatoms. The van der Waals surface area contributed by atoms with Gasteiger partial charge in [0.1, 0.15) is 0 Å². The summed E-state index contributed by atoms with van der Waals surface area (Å²) >= 11 is 0. The zero-order chi connectivity index (χ0) is 32.7. The van der Waals surface area contributed by atoms with Crippen LogP contribution in [0.2, 0.25) is 0 Å². The Morgan fingerprint density at radius 3 is 1.69 bits per heavy atom. The average Bonchev–Trinajstić information content (AvgIpc) is 3.77. The summed E-state index contributed by atoms with van der Waals surface area (Å²) in [6, 6.07) is 48.6. The molecular formula is C43H30N6. The number of aromatic nitrogens is 6. The number of rotatable bonds is 4. The summed E-state index contributed by atoms with van der Waals surface area (Å²) in [7, 11) is 0. The first kappa shape index (κ1) is 27.7. The second-order valence-corrected chi connectivity index (χ2v) is 13.2. The van der Waals surface area contributed by atoms with Crippen LogP contribution < -0.4 is 0 Å². The van der Waals surface area contributed by atoms with E-state index in [4.69, 9.17) is 19.9 Å². The third-order valence-corrected chi connectivity index (χ3v) is 9.96. The predicted octanol–water partition coefficient (Wildman–Crippen LogP) is 9.95. The Morgan fingerprint density at radius 1 is 0.490 bits per heavy atom. The number of hydrogen-bond acceptors (Lipinski definition) is 4. The highest BCUT2D eigenvalue weighted by atomic mass is 15.2. The van der Waals surface area contributed by atoms with Gasteiger partial charge in [-0.3, -0.25) is 9.55 Å². The lowest BCUT2D eigenvalue weighted by atomic mass is 9.89. The van der Waals surface area contributed by atoms with Gasteiger partial charge in [0.15, 0.2) is 11.6 Å². The van der Waals surface area contributed by atoms with Crippen molar-refractivity contribution in [2.75, 3.05) is 0 Å². The van der Waals surface area contributed by atoms with Crippen LogP contribution in [0, 0.1) is 0 Å². The molecule has 0 radical (unpaired) electrons. The molecule has 232 valence electrons. The number of pyridine rings is 1. The van der Waals surface area contributed by atoms with Gasteiger partial charge in [0.25, 0.3) is 0 Å². The largest absolute Gasteiger partial charge is 0.309 e. The van der Waals surface area contributed by atoms with Crippen LogP contribution in [0.4, 0.5) is 0 Å². The van der Waals surface area contributed by atoms with Gasteiger partial charge in [0, 0.05) is 61.4 Å². The Morgan fingerprint density at radius 2 is 1.04 bits per heavy atom. The number of para-hydroxylation sites is 3. The lowest BCUT2D eigenvalue weighted by Crippen LogP contribution is -2.22. The highest BCUT2D eigenvalue weighted by molar-refractivity contribution is 6.09. The molecule has 10 rings (SSSR count). The van der Waals surface area contributed by atoms with E-state index in [0.717, 1.165) is 44.7 Å². The molecule has 0 N–H and O–H groups in total. The molecule has 0 fully saturated rings. The van der Waals surface area contributed by atoms with Crippen molar-refractivity contribution >= 4 is 32.7 Å². The maximum atomic E-state index is 5.23. The Kier molecular flexibility index (Phi) is 5.82. The summed E-state index contributed by atoms with van der Waals surface area (Å²) < 4.78 is 4.56. The van der Waals surface area contributed by atoms with Crippen LogP contribution in [0.3, 0.4) is 0 Å². The van der Waals surface area contributed by atoms with Crippen molar-refractivity contribution in [1.29, 1.82) is 0 Å². The molecular weight excluding hydrogens is 601 g/mol. The van der Waals surface area contributed by atoms with Crippen LogP contribution in [0.25, 0.3) is 78.2 Å². The van der Waals surface area contributed by atoms with Crippen molar-refractivity contribution in [2.45, 2.75) is 19.3 Å². The standard InChI is InChI=1S/C43H30N6/c1-43(2)38-33(18-12-26-44-38)37-32-17-8-11-21-36(32)49(39(37)43)42-46-40(27-13-4-3-5-14-27)45-41(47-42)28-22-24-29(25-23-28)48-34-19-9-6-15-30(34)31-16-7-10-20-35(31)48/h3-26H,1-2H3. The second-order valence-electron chi connectivity index (χ2n) is 13.2. The maximum absolute atomic E-state index is 5.23. The van der Waals surface area contributed by atoms with Gasteiger partial charge in [-0.2, -0.15) is 9.97 Å². The fourth-order valence-electron chi connectivity index (χ4n) is 7.80. The molecule has 0 amide bonds. The van der Waals surface area contributed by atoms with E-state index in [9.17, 15) is 0 Å². The number of fused-ring (bicyclic) bond motifs is 8. The van der Waals surface area contributed by atoms with Crippen molar-refractivity contribution in [3.8, 4) is 45.5 Å². The van der Waals surface area contributed by atoms with Crippen LogP contribution in [-0.4, -0.2) is 29.1 Å². The van der Waals surface area contributed by atoms with E-state index in [0.29, 0.717) is 17.6 Å². The molecule has 1 aliphatic carbocycles. The lowest BCUT2D eigenvalue weighted by molar-refractivity contribution is 0.599. The number of hydrogen-bond donors (Lipinski definition) is 0. The van der Waals surface area contributed by atoms with Gasteiger partial charge in [-0.1, -0.05) is 91.0 Å². The lowest BCUT2D eigenvalue weighted by Gasteiger charge is -2.23. The molecule has 9 aromatic rings. The molecule has 5 aromatic carbocycles. The molecule has 0 saturated heterocycles. The van der Waals surface area contributed by atoms with Crippen LogP contribution in [0.15, 0.2) is 146 Å². The van der Waals surface area contributed by atoms with Gasteiger partial charge in [0.05, 0.1) is 22.2 Å². The second kappa shape index (κ2) is 10.3. The molecule has 49 heavy (non-hydrogen) atoms. The monoisotopic (exact) mass is 630 g/mol. The van der Waals surface area contributed by atoms with Crippen molar-refractivity contribution in [2.24, 2.45) is 0 Å². The summed E-state index contributed by atoms with van der Waals surface area (Å²) in [5, 5.41) is 3.64. The average molecular weight is 631 g/mol. The molecule has 0 bridgehead atoms. The first-order chi connectivity index (χ1) is 24.1. The van der Waals surface area contributed by atoms with Gasteiger partial charge >= 0.3 is 0 Å². The minimum Gasteiger partial charge on any atom is -0.309 e. The molecule has 4 heterocycles. The topological polar surface area (TPSA) is 61.4 Å². The predicted molar refractivity (Wildman–Crippen MR) is 197 cm³/mol. The van der Waals surface area contributed by atoms with Crippen LogP contribution in [0.1, 0.15) is 25.2 Å². The van der Waals surface area contributed by atoms with E-state index in [1.165, 1.54) is 27.4 Å². The Hall–Kier alpha value is -6.40. The highest BCUT2D eigenvalue weighted by Crippen LogP contribution is 2.52. The summed E-state index contributed by atoms with van der Waals surface area (Å²) in [5.74, 6) is 1.84. The van der Waals surface area contributed by atoms with E-state index >= 15 is 0 Å². The third-order valence-electron chi connectivity index (χ3n) is 9.96. The minimum absolute atomic E-state index is 0.366. The zero-order valence-corrected chi connectivity index (χ0v) is 27.0. The van der Waals surface area contributed by atoms with E-state index in [2.05, 4.69) is 138 Å². The van der Waals surface area contributed by atoms with Crippen LogP contribution in [-0.2, 0) is 5.41 Å². The van der Waals surface area contributed by atoms with Gasteiger partial charge in [-0.25, -0.2) is 4.98 Å². The summed E-state index contributed by atoms with van der Waals surface area (Å²) in [6.07, 6.45) is 1.89. The molecule has 0 aliphatic heterocycles. The van der Waals surface area contributed by atoms with E-state index in [1.807, 2.05) is 30.5 Å². The van der Waals surface area contributed by atoms with Crippen molar-refractivity contribution in [1.82, 2.24) is 29.1 Å². The van der Waals surface area contributed by atoms with Crippen molar-refractivity contribution in [3.63, 3.8) is 0 Å². The molecule has 1 aliphatic rings. The molecule has 0 atom stereocenters. The van der Waals surface area contributed by atoms with E-state index in [1.54, 1.807) is 0 Å². The summed E-state index contributed by atoms with van der Waals surface area (Å²) in [6.45, 7) is 4.49. The zero-order valence-electron chi connectivity index (χ0n) is 27.0. The maximum Gasteiger partial charge on any atom is 0.238 e. The minimum atomic E-state index is -0.366. The van der Waals surface area contributed by atoms with Gasteiger partial charge in [-0.05, 0) is 62.4 Å². The molecule has 4 aromatic heterocycles. The molecule has 0 unspecified atom stereocenters. The molecule has 6 nitrogen and oxygen atoms in total. The number of nitrogens with zero attached hydrogens (tertiary/aromatic N) is 6. The normalized spacial score (nSPS) is 13.3. The van der Waals surface area contributed by atoms with Crippen LogP contribution >= 0.6 is 0 Å². The van der Waals surface area contributed by atoms with Crippen molar-refractivity contribution in [3.05, 3.63) is 157 Å². The van der Waals surface area contributed by atoms with Crippen molar-refractivity contribution < 1.29 is 0 Å². The Bertz CT molecular complexity index is 2680. The fraction of sp³-hybridized carbons (Fsp3) is 0.0698.